The number of hydrogen-bond donors (Lipinski definition) is 1. The van der Waals surface area contributed by atoms with E-state index in [0.717, 1.165) is 41.2 Å². The molecule has 1 N–H and O–H groups in total. The maximum atomic E-state index is 12.8. The second kappa shape index (κ2) is 6.83. The van der Waals surface area contributed by atoms with Crippen LogP contribution in [0.15, 0.2) is 48.5 Å². The fourth-order valence-electron chi connectivity index (χ4n) is 3.58. The van der Waals surface area contributed by atoms with Crippen molar-refractivity contribution in [2.75, 3.05) is 16.8 Å². The third kappa shape index (κ3) is 3.53. The third-order valence-electron chi connectivity index (χ3n) is 4.68. The van der Waals surface area contributed by atoms with Crippen LogP contribution in [0, 0.1) is 20.8 Å². The van der Waals surface area contributed by atoms with Crippen molar-refractivity contribution in [1.82, 2.24) is 9.97 Å². The second-order valence-electron chi connectivity index (χ2n) is 7.06. The zero-order chi connectivity index (χ0) is 19.0. The maximum Gasteiger partial charge on any atom is 0.274 e. The van der Waals surface area contributed by atoms with Gasteiger partial charge in [0.15, 0.2) is 0 Å². The number of fused-ring (bicyclic) bond motifs is 1. The van der Waals surface area contributed by atoms with Crippen LogP contribution in [-0.2, 0) is 6.42 Å². The van der Waals surface area contributed by atoms with E-state index in [-0.39, 0.29) is 5.91 Å². The van der Waals surface area contributed by atoms with Crippen LogP contribution in [0.3, 0.4) is 0 Å². The second-order valence-corrected chi connectivity index (χ2v) is 7.06. The highest BCUT2D eigenvalue weighted by molar-refractivity contribution is 6.03. The summed E-state index contributed by atoms with van der Waals surface area (Å²) < 4.78 is 0. The molecule has 0 fully saturated rings. The molecule has 4 rings (SSSR count). The minimum atomic E-state index is -0.223. The van der Waals surface area contributed by atoms with Crippen molar-refractivity contribution in [3.63, 3.8) is 0 Å². The number of amides is 1. The number of carbonyl (C=O) groups is 1. The van der Waals surface area contributed by atoms with Gasteiger partial charge >= 0.3 is 0 Å². The third-order valence-corrected chi connectivity index (χ3v) is 4.68. The van der Waals surface area contributed by atoms with Gasteiger partial charge in [0.1, 0.15) is 5.69 Å². The average Bonchev–Trinajstić information content (AvgIpc) is 3.04. The number of rotatable bonds is 3. The normalized spacial score (nSPS) is 12.8. The Morgan fingerprint density at radius 3 is 2.52 bits per heavy atom. The SMILES string of the molecule is Cc1cc(C)cc(NC(=O)c2cc(C)nc(N3CCc4ccccc43)n2)c1. The van der Waals surface area contributed by atoms with E-state index in [1.54, 1.807) is 6.07 Å². The number of carbonyl (C=O) groups excluding carboxylic acids is 1. The van der Waals surface area contributed by atoms with Crippen LogP contribution in [0.4, 0.5) is 17.3 Å². The Hall–Kier alpha value is -3.21. The zero-order valence-corrected chi connectivity index (χ0v) is 15.8. The lowest BCUT2D eigenvalue weighted by Crippen LogP contribution is -2.20. The van der Waals surface area contributed by atoms with Crippen LogP contribution in [-0.4, -0.2) is 22.4 Å². The minimum absolute atomic E-state index is 0.223. The highest BCUT2D eigenvalue weighted by atomic mass is 16.1. The highest BCUT2D eigenvalue weighted by Gasteiger charge is 2.23. The largest absolute Gasteiger partial charge is 0.321 e. The number of para-hydroxylation sites is 1. The minimum Gasteiger partial charge on any atom is -0.321 e. The van der Waals surface area contributed by atoms with E-state index in [0.29, 0.717) is 11.6 Å². The van der Waals surface area contributed by atoms with Gasteiger partial charge in [0.05, 0.1) is 0 Å². The van der Waals surface area contributed by atoms with Crippen molar-refractivity contribution >= 4 is 23.2 Å². The number of anilines is 3. The van der Waals surface area contributed by atoms with Gasteiger partial charge in [-0.05, 0) is 68.1 Å². The summed E-state index contributed by atoms with van der Waals surface area (Å²) in [4.78, 5) is 24.0. The molecule has 5 heteroatoms. The molecule has 0 atom stereocenters. The number of nitrogens with zero attached hydrogens (tertiary/aromatic N) is 3. The summed E-state index contributed by atoms with van der Waals surface area (Å²) in [7, 11) is 0. The summed E-state index contributed by atoms with van der Waals surface area (Å²) in [6.45, 7) is 6.74. The molecule has 5 nitrogen and oxygen atoms in total. The van der Waals surface area contributed by atoms with Crippen molar-refractivity contribution in [2.24, 2.45) is 0 Å². The van der Waals surface area contributed by atoms with Crippen molar-refractivity contribution in [3.05, 3.63) is 76.6 Å². The molecule has 2 aromatic carbocycles. The van der Waals surface area contributed by atoms with E-state index >= 15 is 0 Å². The standard InChI is InChI=1S/C22H22N4O/c1-14-10-15(2)12-18(11-14)24-21(27)19-13-16(3)23-22(25-19)26-9-8-17-6-4-5-7-20(17)26/h4-7,10-13H,8-9H2,1-3H3,(H,24,27). The Balaban J connectivity index is 1.64. The summed E-state index contributed by atoms with van der Waals surface area (Å²) in [5, 5.41) is 2.96. The molecule has 1 aliphatic heterocycles. The molecule has 0 radical (unpaired) electrons. The quantitative estimate of drug-likeness (QED) is 0.756. The van der Waals surface area contributed by atoms with Crippen LogP contribution in [0.25, 0.3) is 0 Å². The van der Waals surface area contributed by atoms with Crippen molar-refractivity contribution in [1.29, 1.82) is 0 Å². The molecule has 0 saturated carbocycles. The van der Waals surface area contributed by atoms with E-state index in [2.05, 4.69) is 38.4 Å². The Kier molecular flexibility index (Phi) is 4.36. The van der Waals surface area contributed by atoms with Gasteiger partial charge in [-0.1, -0.05) is 24.3 Å². The summed E-state index contributed by atoms with van der Waals surface area (Å²) in [6.07, 6.45) is 0.956. The summed E-state index contributed by atoms with van der Waals surface area (Å²) in [5.74, 6) is 0.352. The molecular weight excluding hydrogens is 336 g/mol. The van der Waals surface area contributed by atoms with E-state index in [1.807, 2.05) is 45.0 Å². The first-order valence-corrected chi connectivity index (χ1v) is 9.10. The van der Waals surface area contributed by atoms with Gasteiger partial charge in [-0.3, -0.25) is 4.79 Å². The highest BCUT2D eigenvalue weighted by Crippen LogP contribution is 2.32. The van der Waals surface area contributed by atoms with Gasteiger partial charge in [0.25, 0.3) is 5.91 Å². The molecule has 2 heterocycles. The molecule has 0 spiro atoms. The first kappa shape index (κ1) is 17.2. The fraction of sp³-hybridized carbons (Fsp3) is 0.227. The Bertz CT molecular complexity index is 1010. The van der Waals surface area contributed by atoms with Crippen LogP contribution < -0.4 is 10.2 Å². The molecule has 1 aromatic heterocycles. The summed E-state index contributed by atoms with van der Waals surface area (Å²) in [6, 6.07) is 16.0. The van der Waals surface area contributed by atoms with Crippen LogP contribution in [0.5, 0.6) is 0 Å². The van der Waals surface area contributed by atoms with Crippen molar-refractivity contribution < 1.29 is 4.79 Å². The zero-order valence-electron chi connectivity index (χ0n) is 15.8. The van der Waals surface area contributed by atoms with E-state index in [4.69, 9.17) is 0 Å². The molecular formula is C22H22N4O. The van der Waals surface area contributed by atoms with Gasteiger partial charge in [-0.25, -0.2) is 9.97 Å². The van der Waals surface area contributed by atoms with Gasteiger partial charge < -0.3 is 10.2 Å². The first-order chi connectivity index (χ1) is 13.0. The molecule has 0 bridgehead atoms. The lowest BCUT2D eigenvalue weighted by atomic mass is 10.1. The molecule has 0 aliphatic carbocycles. The molecule has 3 aromatic rings. The van der Waals surface area contributed by atoms with E-state index < -0.39 is 0 Å². The summed E-state index contributed by atoms with van der Waals surface area (Å²) >= 11 is 0. The maximum absolute atomic E-state index is 12.8. The Morgan fingerprint density at radius 2 is 1.74 bits per heavy atom. The number of nitrogens with one attached hydrogen (secondary N) is 1. The van der Waals surface area contributed by atoms with Gasteiger partial charge in [-0.2, -0.15) is 0 Å². The molecule has 0 unspecified atom stereocenters. The first-order valence-electron chi connectivity index (χ1n) is 9.10. The Morgan fingerprint density at radius 1 is 1.00 bits per heavy atom. The average molecular weight is 358 g/mol. The molecule has 1 aliphatic rings. The predicted molar refractivity (Wildman–Crippen MR) is 108 cm³/mol. The molecule has 0 saturated heterocycles. The van der Waals surface area contributed by atoms with Crippen molar-refractivity contribution in [3.8, 4) is 0 Å². The monoisotopic (exact) mass is 358 g/mol. The lowest BCUT2D eigenvalue weighted by Gasteiger charge is -2.18. The number of aromatic nitrogens is 2. The topological polar surface area (TPSA) is 58.1 Å². The smallest absolute Gasteiger partial charge is 0.274 e. The number of benzene rings is 2. The summed E-state index contributed by atoms with van der Waals surface area (Å²) in [5.41, 5.74) is 6.54. The van der Waals surface area contributed by atoms with E-state index in [9.17, 15) is 4.79 Å². The lowest BCUT2D eigenvalue weighted by molar-refractivity contribution is 0.102. The van der Waals surface area contributed by atoms with Crippen LogP contribution in [0.1, 0.15) is 32.9 Å². The fourth-order valence-corrected chi connectivity index (χ4v) is 3.58. The van der Waals surface area contributed by atoms with Crippen LogP contribution >= 0.6 is 0 Å². The van der Waals surface area contributed by atoms with Crippen LogP contribution in [0.2, 0.25) is 0 Å². The van der Waals surface area contributed by atoms with Crippen molar-refractivity contribution in [2.45, 2.75) is 27.2 Å². The molecule has 136 valence electrons. The molecule has 1 amide bonds. The number of hydrogen-bond acceptors (Lipinski definition) is 4. The van der Waals surface area contributed by atoms with Gasteiger partial charge in [0, 0.05) is 23.6 Å². The van der Waals surface area contributed by atoms with Gasteiger partial charge in [-0.15, -0.1) is 0 Å². The molecule has 27 heavy (non-hydrogen) atoms. The Labute approximate surface area is 159 Å². The predicted octanol–water partition coefficient (Wildman–Crippen LogP) is 4.35. The number of aryl methyl sites for hydroxylation is 3. The van der Waals surface area contributed by atoms with E-state index in [1.165, 1.54) is 5.56 Å². The van der Waals surface area contributed by atoms with Gasteiger partial charge in [0.2, 0.25) is 5.95 Å².